The molecular formula is C27H30N2O9. The lowest BCUT2D eigenvalue weighted by molar-refractivity contribution is -0.139. The van der Waals surface area contributed by atoms with Crippen LogP contribution in [0.5, 0.6) is 0 Å². The maximum absolute atomic E-state index is 12.8. The van der Waals surface area contributed by atoms with Crippen LogP contribution in [0.2, 0.25) is 0 Å². The molecule has 11 nitrogen and oxygen atoms in total. The molecule has 11 heteroatoms. The van der Waals surface area contributed by atoms with Gasteiger partial charge in [0.25, 0.3) is 0 Å². The molecule has 0 radical (unpaired) electrons. The van der Waals surface area contributed by atoms with Crippen molar-refractivity contribution in [1.29, 1.82) is 0 Å². The third-order valence-corrected chi connectivity index (χ3v) is 5.96. The van der Waals surface area contributed by atoms with Gasteiger partial charge in [0.05, 0.1) is 11.6 Å². The second-order valence-corrected chi connectivity index (χ2v) is 8.84. The highest BCUT2D eigenvalue weighted by atomic mass is 16.4. The van der Waals surface area contributed by atoms with E-state index in [9.17, 15) is 28.8 Å². The fourth-order valence-corrected chi connectivity index (χ4v) is 3.83. The summed E-state index contributed by atoms with van der Waals surface area (Å²) in [5.41, 5.74) is 7.79. The first-order chi connectivity index (χ1) is 18.0. The Morgan fingerprint density at radius 2 is 1.42 bits per heavy atom. The normalized spacial score (nSPS) is 12.2. The van der Waals surface area contributed by atoms with E-state index in [2.05, 4.69) is 5.32 Å². The number of nitrogens with one attached hydrogen (secondary N) is 1. The molecule has 202 valence electrons. The van der Waals surface area contributed by atoms with Crippen LogP contribution in [0.25, 0.3) is 11.1 Å². The van der Waals surface area contributed by atoms with E-state index in [0.29, 0.717) is 6.42 Å². The molecule has 0 aliphatic carbocycles. The number of hydrogen-bond acceptors (Lipinski definition) is 6. The molecular weight excluding hydrogens is 496 g/mol. The molecule has 0 aliphatic heterocycles. The van der Waals surface area contributed by atoms with E-state index >= 15 is 0 Å². The van der Waals surface area contributed by atoms with Crippen LogP contribution in [-0.4, -0.2) is 56.9 Å². The molecule has 0 saturated heterocycles. The van der Waals surface area contributed by atoms with Gasteiger partial charge < -0.3 is 26.4 Å². The van der Waals surface area contributed by atoms with Gasteiger partial charge in [-0.2, -0.15) is 0 Å². The van der Waals surface area contributed by atoms with Crippen molar-refractivity contribution in [1.82, 2.24) is 5.32 Å². The standard InChI is InChI=1S/C27H30N2O9/c28-26(36)19(9-12-24(32)33)15-22(30)21(10-13-25(34)35)29-23(31)11-6-16-4-7-17(8-5-16)18-2-1-3-20(14-18)27(37)38/h1-5,7-8,14,19,21H,6,9-13,15H2,(H2,28,36)(H,29,31)(H,32,33)(H,34,35)(H,37,38)/t19-,21+/m1/s1. The Balaban J connectivity index is 2.00. The van der Waals surface area contributed by atoms with Crippen LogP contribution in [0.15, 0.2) is 48.5 Å². The molecule has 2 atom stereocenters. The summed E-state index contributed by atoms with van der Waals surface area (Å²) >= 11 is 0. The zero-order chi connectivity index (χ0) is 28.2. The highest BCUT2D eigenvalue weighted by molar-refractivity contribution is 5.92. The van der Waals surface area contributed by atoms with E-state index in [4.69, 9.17) is 21.1 Å². The zero-order valence-corrected chi connectivity index (χ0v) is 20.6. The number of carboxylic acids is 3. The molecule has 0 heterocycles. The van der Waals surface area contributed by atoms with Crippen molar-refractivity contribution in [2.24, 2.45) is 11.7 Å². The molecule has 0 aromatic heterocycles. The first-order valence-electron chi connectivity index (χ1n) is 11.9. The van der Waals surface area contributed by atoms with Crippen molar-refractivity contribution < 1.29 is 44.1 Å². The Morgan fingerprint density at radius 1 is 0.789 bits per heavy atom. The number of ketones is 1. The lowest BCUT2D eigenvalue weighted by Gasteiger charge is -2.19. The van der Waals surface area contributed by atoms with Crippen LogP contribution in [0.4, 0.5) is 0 Å². The summed E-state index contributed by atoms with van der Waals surface area (Å²) in [5, 5.41) is 29.5. The molecule has 0 saturated carbocycles. The molecule has 2 amide bonds. The minimum absolute atomic E-state index is 0.00294. The molecule has 0 fully saturated rings. The van der Waals surface area contributed by atoms with Crippen molar-refractivity contribution in [3.05, 3.63) is 59.7 Å². The van der Waals surface area contributed by atoms with Crippen LogP contribution >= 0.6 is 0 Å². The van der Waals surface area contributed by atoms with Gasteiger partial charge >= 0.3 is 17.9 Å². The van der Waals surface area contributed by atoms with E-state index in [-0.39, 0.29) is 31.2 Å². The number of carbonyl (C=O) groups excluding carboxylic acids is 3. The summed E-state index contributed by atoms with van der Waals surface area (Å²) in [6.07, 6.45) is -1.17. The van der Waals surface area contributed by atoms with Gasteiger partial charge in [0.1, 0.15) is 0 Å². The van der Waals surface area contributed by atoms with Gasteiger partial charge in [-0.1, -0.05) is 36.4 Å². The zero-order valence-electron chi connectivity index (χ0n) is 20.6. The lowest BCUT2D eigenvalue weighted by atomic mass is 9.92. The van der Waals surface area contributed by atoms with Crippen LogP contribution < -0.4 is 11.1 Å². The predicted octanol–water partition coefficient (Wildman–Crippen LogP) is 2.26. The SMILES string of the molecule is NC(=O)[C@H](CCC(=O)O)CC(=O)[C@H](CCC(=O)O)NC(=O)CCc1ccc(-c2cccc(C(=O)O)c2)cc1. The van der Waals surface area contributed by atoms with Gasteiger partial charge in [-0.3, -0.25) is 24.0 Å². The van der Waals surface area contributed by atoms with Crippen LogP contribution in [0.3, 0.4) is 0 Å². The Morgan fingerprint density at radius 3 is 2.00 bits per heavy atom. The largest absolute Gasteiger partial charge is 0.481 e. The van der Waals surface area contributed by atoms with E-state index in [0.717, 1.165) is 16.7 Å². The Kier molecular flexibility index (Phi) is 11.1. The Bertz CT molecular complexity index is 1190. The molecule has 0 aliphatic rings. The van der Waals surface area contributed by atoms with Gasteiger partial charge in [0.15, 0.2) is 5.78 Å². The van der Waals surface area contributed by atoms with Crippen LogP contribution in [-0.2, 0) is 30.4 Å². The van der Waals surface area contributed by atoms with Gasteiger partial charge in [-0.15, -0.1) is 0 Å². The summed E-state index contributed by atoms with van der Waals surface area (Å²) in [6.45, 7) is 0. The number of primary amides is 1. The molecule has 0 bridgehead atoms. The van der Waals surface area contributed by atoms with Gasteiger partial charge in [-0.25, -0.2) is 4.79 Å². The van der Waals surface area contributed by atoms with E-state index in [1.165, 1.54) is 6.07 Å². The molecule has 2 aromatic rings. The topological polar surface area (TPSA) is 201 Å². The fourth-order valence-electron chi connectivity index (χ4n) is 3.83. The van der Waals surface area contributed by atoms with Crippen molar-refractivity contribution in [3.63, 3.8) is 0 Å². The monoisotopic (exact) mass is 526 g/mol. The van der Waals surface area contributed by atoms with Crippen molar-refractivity contribution in [2.45, 2.75) is 51.0 Å². The number of Topliss-reactive ketones (excluding diaryl/α,β-unsaturated/α-hetero) is 1. The van der Waals surface area contributed by atoms with Crippen molar-refractivity contribution >= 4 is 35.5 Å². The maximum atomic E-state index is 12.8. The number of rotatable bonds is 16. The third kappa shape index (κ3) is 9.84. The molecule has 2 aromatic carbocycles. The number of amides is 2. The summed E-state index contributed by atoms with van der Waals surface area (Å²) in [7, 11) is 0. The second kappa shape index (κ2) is 14.3. The van der Waals surface area contributed by atoms with E-state index < -0.39 is 60.3 Å². The molecule has 2 rings (SSSR count). The van der Waals surface area contributed by atoms with Crippen LogP contribution in [0, 0.1) is 5.92 Å². The summed E-state index contributed by atoms with van der Waals surface area (Å²) in [4.78, 5) is 70.0. The summed E-state index contributed by atoms with van der Waals surface area (Å²) in [5.74, 6) is -6.32. The van der Waals surface area contributed by atoms with Gasteiger partial charge in [0.2, 0.25) is 11.8 Å². The minimum Gasteiger partial charge on any atom is -0.481 e. The van der Waals surface area contributed by atoms with E-state index in [1.807, 2.05) is 0 Å². The first kappa shape index (κ1) is 29.7. The number of benzene rings is 2. The molecule has 0 unspecified atom stereocenters. The van der Waals surface area contributed by atoms with Crippen molar-refractivity contribution in [2.75, 3.05) is 0 Å². The summed E-state index contributed by atoms with van der Waals surface area (Å²) in [6, 6.07) is 12.5. The highest BCUT2D eigenvalue weighted by Crippen LogP contribution is 2.22. The Hall–Kier alpha value is -4.54. The lowest BCUT2D eigenvalue weighted by Crippen LogP contribution is -2.43. The molecule has 0 spiro atoms. The number of aromatic carboxylic acids is 1. The number of aliphatic carboxylic acids is 2. The first-order valence-corrected chi connectivity index (χ1v) is 11.9. The fraction of sp³-hybridized carbons (Fsp3) is 0.333. The van der Waals surface area contributed by atoms with Crippen molar-refractivity contribution in [3.8, 4) is 11.1 Å². The predicted molar refractivity (Wildman–Crippen MR) is 135 cm³/mol. The van der Waals surface area contributed by atoms with Crippen LogP contribution in [0.1, 0.15) is 54.4 Å². The Labute approximate surface area is 218 Å². The number of hydrogen-bond donors (Lipinski definition) is 5. The average Bonchev–Trinajstić information content (AvgIpc) is 2.87. The smallest absolute Gasteiger partial charge is 0.335 e. The highest BCUT2D eigenvalue weighted by Gasteiger charge is 2.27. The molecule has 6 N–H and O–H groups in total. The average molecular weight is 527 g/mol. The number of carboxylic acid groups (broad SMARTS) is 3. The van der Waals surface area contributed by atoms with Gasteiger partial charge in [0, 0.05) is 31.6 Å². The number of aryl methyl sites for hydroxylation is 1. The second-order valence-electron chi connectivity index (χ2n) is 8.84. The number of carbonyl (C=O) groups is 6. The third-order valence-electron chi connectivity index (χ3n) is 5.96. The maximum Gasteiger partial charge on any atom is 0.335 e. The summed E-state index contributed by atoms with van der Waals surface area (Å²) < 4.78 is 0. The van der Waals surface area contributed by atoms with E-state index in [1.54, 1.807) is 42.5 Å². The number of nitrogens with two attached hydrogens (primary N) is 1. The van der Waals surface area contributed by atoms with Gasteiger partial charge in [-0.05, 0) is 48.1 Å². The minimum atomic E-state index is -1.16. The molecule has 38 heavy (non-hydrogen) atoms. The quantitative estimate of drug-likeness (QED) is 0.217.